The minimum Gasteiger partial charge on any atom is -0.378 e. The Bertz CT molecular complexity index is 363. The molecular formula is C15H22FNO. The van der Waals surface area contributed by atoms with Crippen LogP contribution in [0.1, 0.15) is 44.2 Å². The minimum absolute atomic E-state index is 0.166. The van der Waals surface area contributed by atoms with Crippen LogP contribution in [0.15, 0.2) is 24.3 Å². The quantitative estimate of drug-likeness (QED) is 0.782. The molecule has 1 aliphatic rings. The molecule has 1 fully saturated rings. The highest BCUT2D eigenvalue weighted by molar-refractivity contribution is 5.19. The summed E-state index contributed by atoms with van der Waals surface area (Å²) in [6, 6.07) is 6.99. The van der Waals surface area contributed by atoms with Gasteiger partial charge in [0, 0.05) is 12.6 Å². The molecule has 18 heavy (non-hydrogen) atoms. The lowest BCUT2D eigenvalue weighted by Gasteiger charge is -2.15. The molecule has 2 nitrogen and oxygen atoms in total. The first-order valence-electron chi connectivity index (χ1n) is 6.86. The van der Waals surface area contributed by atoms with E-state index in [1.807, 2.05) is 6.07 Å². The Morgan fingerprint density at radius 1 is 1.50 bits per heavy atom. The molecular weight excluding hydrogens is 229 g/mol. The summed E-state index contributed by atoms with van der Waals surface area (Å²) in [5, 5.41) is 3.43. The highest BCUT2D eigenvalue weighted by Gasteiger charge is 2.14. The second kappa shape index (κ2) is 6.86. The highest BCUT2D eigenvalue weighted by Crippen LogP contribution is 2.17. The third kappa shape index (κ3) is 4.07. The molecule has 100 valence electrons. The summed E-state index contributed by atoms with van der Waals surface area (Å²) in [6.45, 7) is 3.95. The summed E-state index contributed by atoms with van der Waals surface area (Å²) in [5.41, 5.74) is 1.01. The van der Waals surface area contributed by atoms with E-state index >= 15 is 0 Å². The lowest BCUT2D eigenvalue weighted by molar-refractivity contribution is 0.102. The van der Waals surface area contributed by atoms with Crippen molar-refractivity contribution in [1.82, 2.24) is 5.32 Å². The maximum atomic E-state index is 13.1. The number of halogens is 1. The van der Waals surface area contributed by atoms with Crippen molar-refractivity contribution < 1.29 is 9.13 Å². The smallest absolute Gasteiger partial charge is 0.123 e. The van der Waals surface area contributed by atoms with Crippen molar-refractivity contribution >= 4 is 0 Å². The lowest BCUT2D eigenvalue weighted by atomic mass is 10.1. The van der Waals surface area contributed by atoms with Crippen molar-refractivity contribution in [2.75, 3.05) is 13.2 Å². The SMILES string of the molecule is C[C@@H](NCCCC1CCCO1)c1cccc(F)c1. The van der Waals surface area contributed by atoms with Gasteiger partial charge in [0.05, 0.1) is 6.10 Å². The fraction of sp³-hybridized carbons (Fsp3) is 0.600. The van der Waals surface area contributed by atoms with E-state index in [1.54, 1.807) is 12.1 Å². The number of nitrogens with one attached hydrogen (secondary N) is 1. The van der Waals surface area contributed by atoms with Gasteiger partial charge in [-0.05, 0) is 56.8 Å². The van der Waals surface area contributed by atoms with Gasteiger partial charge in [0.2, 0.25) is 0 Å². The Morgan fingerprint density at radius 3 is 3.11 bits per heavy atom. The molecule has 0 amide bonds. The molecule has 1 N–H and O–H groups in total. The Balaban J connectivity index is 1.66. The van der Waals surface area contributed by atoms with Gasteiger partial charge in [0.1, 0.15) is 5.82 Å². The Morgan fingerprint density at radius 2 is 2.39 bits per heavy atom. The van der Waals surface area contributed by atoms with E-state index in [0.29, 0.717) is 6.10 Å². The summed E-state index contributed by atoms with van der Waals surface area (Å²) >= 11 is 0. The molecule has 0 bridgehead atoms. The van der Waals surface area contributed by atoms with Crippen LogP contribution in [0.2, 0.25) is 0 Å². The van der Waals surface area contributed by atoms with Crippen LogP contribution in [0, 0.1) is 5.82 Å². The van der Waals surface area contributed by atoms with E-state index in [0.717, 1.165) is 31.6 Å². The third-order valence-electron chi connectivity index (χ3n) is 3.53. The van der Waals surface area contributed by atoms with Crippen molar-refractivity contribution in [2.24, 2.45) is 0 Å². The molecule has 0 radical (unpaired) electrons. The molecule has 2 atom stereocenters. The molecule has 0 aliphatic carbocycles. The number of benzene rings is 1. The number of ether oxygens (including phenoxy) is 1. The van der Waals surface area contributed by atoms with E-state index < -0.39 is 0 Å². The topological polar surface area (TPSA) is 21.3 Å². The maximum Gasteiger partial charge on any atom is 0.123 e. The predicted octanol–water partition coefficient (Wildman–Crippen LogP) is 3.44. The lowest BCUT2D eigenvalue weighted by Crippen LogP contribution is -2.21. The number of rotatable bonds is 6. The minimum atomic E-state index is -0.166. The zero-order chi connectivity index (χ0) is 12.8. The van der Waals surface area contributed by atoms with Gasteiger partial charge in [-0.3, -0.25) is 0 Å². The molecule has 1 aliphatic heterocycles. The first-order chi connectivity index (χ1) is 8.75. The van der Waals surface area contributed by atoms with Crippen molar-refractivity contribution in [3.63, 3.8) is 0 Å². The molecule has 0 saturated carbocycles. The zero-order valence-electron chi connectivity index (χ0n) is 11.0. The van der Waals surface area contributed by atoms with Gasteiger partial charge >= 0.3 is 0 Å². The highest BCUT2D eigenvalue weighted by atomic mass is 19.1. The molecule has 3 heteroatoms. The first kappa shape index (κ1) is 13.5. The molecule has 2 rings (SSSR count). The van der Waals surface area contributed by atoms with E-state index in [-0.39, 0.29) is 11.9 Å². The second-order valence-electron chi connectivity index (χ2n) is 5.01. The monoisotopic (exact) mass is 251 g/mol. The number of hydrogen-bond acceptors (Lipinski definition) is 2. The van der Waals surface area contributed by atoms with Gasteiger partial charge in [0.25, 0.3) is 0 Å². The molecule has 0 spiro atoms. The molecule has 1 aromatic carbocycles. The van der Waals surface area contributed by atoms with E-state index in [9.17, 15) is 4.39 Å². The largest absolute Gasteiger partial charge is 0.378 e. The van der Waals surface area contributed by atoms with Gasteiger partial charge in [-0.25, -0.2) is 4.39 Å². The van der Waals surface area contributed by atoms with Crippen molar-refractivity contribution in [3.05, 3.63) is 35.6 Å². The summed E-state index contributed by atoms with van der Waals surface area (Å²) in [6.07, 6.45) is 5.13. The molecule has 1 aromatic rings. The molecule has 1 unspecified atom stereocenters. The Labute approximate surface area is 109 Å². The second-order valence-corrected chi connectivity index (χ2v) is 5.01. The van der Waals surface area contributed by atoms with E-state index in [1.165, 1.54) is 18.9 Å². The van der Waals surface area contributed by atoms with Crippen LogP contribution >= 0.6 is 0 Å². The van der Waals surface area contributed by atoms with Crippen LogP contribution in [0.5, 0.6) is 0 Å². The fourth-order valence-corrected chi connectivity index (χ4v) is 2.41. The van der Waals surface area contributed by atoms with Crippen molar-refractivity contribution in [3.8, 4) is 0 Å². The van der Waals surface area contributed by atoms with Gasteiger partial charge in [0.15, 0.2) is 0 Å². The average Bonchev–Trinajstić information content (AvgIpc) is 2.87. The summed E-state index contributed by atoms with van der Waals surface area (Å²) in [5.74, 6) is -0.166. The van der Waals surface area contributed by atoms with Gasteiger partial charge in [-0.2, -0.15) is 0 Å². The zero-order valence-corrected chi connectivity index (χ0v) is 11.0. The molecule has 1 heterocycles. The van der Waals surface area contributed by atoms with Crippen LogP contribution in [0.3, 0.4) is 0 Å². The van der Waals surface area contributed by atoms with Crippen LogP contribution in [-0.2, 0) is 4.74 Å². The normalized spacial score (nSPS) is 21.1. The molecule has 0 aromatic heterocycles. The van der Waals surface area contributed by atoms with Crippen molar-refractivity contribution in [2.45, 2.75) is 44.8 Å². The van der Waals surface area contributed by atoms with Gasteiger partial charge in [-0.1, -0.05) is 12.1 Å². The summed E-state index contributed by atoms with van der Waals surface area (Å²) in [7, 11) is 0. The van der Waals surface area contributed by atoms with Gasteiger partial charge in [-0.15, -0.1) is 0 Å². The Hall–Kier alpha value is -0.930. The van der Waals surface area contributed by atoms with Crippen LogP contribution in [0.25, 0.3) is 0 Å². The average molecular weight is 251 g/mol. The Kier molecular flexibility index (Phi) is 5.14. The first-order valence-corrected chi connectivity index (χ1v) is 6.86. The third-order valence-corrected chi connectivity index (χ3v) is 3.53. The number of hydrogen-bond donors (Lipinski definition) is 1. The summed E-state index contributed by atoms with van der Waals surface area (Å²) < 4.78 is 18.7. The fourth-order valence-electron chi connectivity index (χ4n) is 2.41. The standard InChI is InChI=1S/C15H22FNO/c1-12(13-5-2-6-14(16)11-13)17-9-3-7-15-8-4-10-18-15/h2,5-6,11-12,15,17H,3-4,7-10H2,1H3/t12-,15?/m1/s1. The van der Waals surface area contributed by atoms with Crippen LogP contribution in [0.4, 0.5) is 4.39 Å². The summed E-state index contributed by atoms with van der Waals surface area (Å²) in [4.78, 5) is 0. The van der Waals surface area contributed by atoms with Crippen LogP contribution < -0.4 is 5.32 Å². The van der Waals surface area contributed by atoms with Gasteiger partial charge < -0.3 is 10.1 Å². The molecule has 1 saturated heterocycles. The van der Waals surface area contributed by atoms with E-state index in [4.69, 9.17) is 4.74 Å². The van der Waals surface area contributed by atoms with Crippen LogP contribution in [-0.4, -0.2) is 19.3 Å². The predicted molar refractivity (Wildman–Crippen MR) is 71.0 cm³/mol. The maximum absolute atomic E-state index is 13.1. The van der Waals surface area contributed by atoms with E-state index in [2.05, 4.69) is 12.2 Å². The van der Waals surface area contributed by atoms with Crippen molar-refractivity contribution in [1.29, 1.82) is 0 Å².